The van der Waals surface area contributed by atoms with Gasteiger partial charge in [-0.05, 0) is 50.9 Å². The van der Waals surface area contributed by atoms with E-state index in [-0.39, 0.29) is 17.4 Å². The average molecular weight is 264 g/mol. The van der Waals surface area contributed by atoms with E-state index in [1.807, 2.05) is 32.9 Å². The third kappa shape index (κ3) is 3.18. The minimum atomic E-state index is -0.353. The van der Waals surface area contributed by atoms with Crippen LogP contribution in [0.2, 0.25) is 0 Å². The van der Waals surface area contributed by atoms with Gasteiger partial charge in [-0.2, -0.15) is 0 Å². The number of hydrogen-bond acceptors (Lipinski definition) is 3. The molecule has 4 nitrogen and oxygen atoms in total. The van der Waals surface area contributed by atoms with Crippen molar-refractivity contribution in [2.75, 3.05) is 13.1 Å². The highest BCUT2D eigenvalue weighted by atomic mass is 16.3. The van der Waals surface area contributed by atoms with Gasteiger partial charge in [0.15, 0.2) is 0 Å². The van der Waals surface area contributed by atoms with Gasteiger partial charge >= 0.3 is 0 Å². The SMILES string of the molecule is C[C@H](NC(=O)C(C)(C)C1CCCNC1)c1ccco1. The second-order valence-corrected chi connectivity index (χ2v) is 5.98. The maximum Gasteiger partial charge on any atom is 0.226 e. The highest BCUT2D eigenvalue weighted by molar-refractivity contribution is 5.82. The Morgan fingerprint density at radius 2 is 2.37 bits per heavy atom. The highest BCUT2D eigenvalue weighted by Gasteiger charge is 2.37. The molecular weight excluding hydrogens is 240 g/mol. The molecule has 19 heavy (non-hydrogen) atoms. The number of piperidine rings is 1. The Morgan fingerprint density at radius 3 is 2.95 bits per heavy atom. The third-order valence-electron chi connectivity index (χ3n) is 4.22. The summed E-state index contributed by atoms with van der Waals surface area (Å²) in [6, 6.07) is 3.65. The number of carbonyl (C=O) groups excluding carboxylic acids is 1. The molecule has 1 unspecified atom stereocenters. The van der Waals surface area contributed by atoms with Gasteiger partial charge < -0.3 is 15.1 Å². The first-order chi connectivity index (χ1) is 9.01. The second kappa shape index (κ2) is 5.78. The first kappa shape index (κ1) is 14.1. The zero-order valence-electron chi connectivity index (χ0n) is 12.0. The molecule has 1 aromatic heterocycles. The van der Waals surface area contributed by atoms with Crippen molar-refractivity contribution in [1.29, 1.82) is 0 Å². The summed E-state index contributed by atoms with van der Waals surface area (Å²) in [4.78, 5) is 12.5. The lowest BCUT2D eigenvalue weighted by Crippen LogP contribution is -2.47. The molecule has 2 rings (SSSR count). The number of nitrogens with one attached hydrogen (secondary N) is 2. The molecule has 1 aliphatic rings. The van der Waals surface area contributed by atoms with Crippen molar-refractivity contribution in [3.8, 4) is 0 Å². The number of hydrogen-bond donors (Lipinski definition) is 2. The Hall–Kier alpha value is -1.29. The van der Waals surface area contributed by atoms with Crippen LogP contribution in [0.5, 0.6) is 0 Å². The molecule has 0 aromatic carbocycles. The fraction of sp³-hybridized carbons (Fsp3) is 0.667. The molecule has 1 fully saturated rings. The van der Waals surface area contributed by atoms with Crippen molar-refractivity contribution in [3.63, 3.8) is 0 Å². The van der Waals surface area contributed by atoms with Crippen LogP contribution in [0, 0.1) is 11.3 Å². The lowest BCUT2D eigenvalue weighted by Gasteiger charge is -2.36. The Morgan fingerprint density at radius 1 is 1.58 bits per heavy atom. The number of furan rings is 1. The first-order valence-electron chi connectivity index (χ1n) is 7.07. The van der Waals surface area contributed by atoms with E-state index < -0.39 is 0 Å². The predicted molar refractivity (Wildman–Crippen MR) is 74.6 cm³/mol. The van der Waals surface area contributed by atoms with E-state index in [0.717, 1.165) is 31.7 Å². The number of carbonyl (C=O) groups is 1. The van der Waals surface area contributed by atoms with Crippen molar-refractivity contribution in [1.82, 2.24) is 10.6 Å². The van der Waals surface area contributed by atoms with Crippen molar-refractivity contribution in [2.45, 2.75) is 39.7 Å². The molecule has 2 heterocycles. The van der Waals surface area contributed by atoms with Gasteiger partial charge in [0, 0.05) is 5.41 Å². The van der Waals surface area contributed by atoms with Crippen LogP contribution in [-0.2, 0) is 4.79 Å². The normalized spacial score (nSPS) is 21.9. The van der Waals surface area contributed by atoms with E-state index in [4.69, 9.17) is 4.42 Å². The topological polar surface area (TPSA) is 54.3 Å². The summed E-state index contributed by atoms with van der Waals surface area (Å²) < 4.78 is 5.33. The predicted octanol–water partition coefficient (Wildman–Crippen LogP) is 2.48. The summed E-state index contributed by atoms with van der Waals surface area (Å²) in [7, 11) is 0. The van der Waals surface area contributed by atoms with Gasteiger partial charge in [0.25, 0.3) is 0 Å². The molecule has 1 aliphatic heterocycles. The molecule has 0 saturated carbocycles. The quantitative estimate of drug-likeness (QED) is 0.878. The smallest absolute Gasteiger partial charge is 0.226 e. The highest BCUT2D eigenvalue weighted by Crippen LogP contribution is 2.32. The maximum absolute atomic E-state index is 12.5. The van der Waals surface area contributed by atoms with Gasteiger partial charge in [0.2, 0.25) is 5.91 Å². The molecule has 0 spiro atoms. The van der Waals surface area contributed by atoms with Crippen LogP contribution in [0.25, 0.3) is 0 Å². The van der Waals surface area contributed by atoms with Crippen LogP contribution >= 0.6 is 0 Å². The Balaban J connectivity index is 1.97. The van der Waals surface area contributed by atoms with Gasteiger partial charge in [-0.3, -0.25) is 4.79 Å². The molecular formula is C15H24N2O2. The third-order valence-corrected chi connectivity index (χ3v) is 4.22. The van der Waals surface area contributed by atoms with Crippen LogP contribution in [0.1, 0.15) is 45.4 Å². The zero-order chi connectivity index (χ0) is 13.9. The van der Waals surface area contributed by atoms with Crippen molar-refractivity contribution >= 4 is 5.91 Å². The van der Waals surface area contributed by atoms with Crippen LogP contribution in [0.3, 0.4) is 0 Å². The van der Waals surface area contributed by atoms with Crippen LogP contribution in [0.4, 0.5) is 0 Å². The van der Waals surface area contributed by atoms with E-state index >= 15 is 0 Å². The molecule has 0 aliphatic carbocycles. The minimum Gasteiger partial charge on any atom is -0.467 e. The fourth-order valence-electron chi connectivity index (χ4n) is 2.64. The lowest BCUT2D eigenvalue weighted by atomic mass is 9.74. The van der Waals surface area contributed by atoms with E-state index in [1.54, 1.807) is 6.26 Å². The van der Waals surface area contributed by atoms with Gasteiger partial charge in [-0.25, -0.2) is 0 Å². The molecule has 0 bridgehead atoms. The van der Waals surface area contributed by atoms with E-state index in [0.29, 0.717) is 5.92 Å². The van der Waals surface area contributed by atoms with Gasteiger partial charge in [-0.15, -0.1) is 0 Å². The lowest BCUT2D eigenvalue weighted by molar-refractivity contribution is -0.133. The molecule has 106 valence electrons. The first-order valence-corrected chi connectivity index (χ1v) is 7.07. The summed E-state index contributed by atoms with van der Waals surface area (Å²) in [5.74, 6) is 1.29. The zero-order valence-corrected chi connectivity index (χ0v) is 12.0. The average Bonchev–Trinajstić information content (AvgIpc) is 2.93. The fourth-order valence-corrected chi connectivity index (χ4v) is 2.64. The summed E-state index contributed by atoms with van der Waals surface area (Å²) in [5, 5.41) is 6.44. The Labute approximate surface area is 114 Å². The standard InChI is InChI=1S/C15H24N2O2/c1-11(13-7-5-9-19-13)17-14(18)15(2,3)12-6-4-8-16-10-12/h5,7,9,11-12,16H,4,6,8,10H2,1-3H3,(H,17,18)/t11-,12?/m0/s1. The van der Waals surface area contributed by atoms with Gasteiger partial charge in [-0.1, -0.05) is 13.8 Å². The van der Waals surface area contributed by atoms with Crippen LogP contribution < -0.4 is 10.6 Å². The van der Waals surface area contributed by atoms with Crippen LogP contribution in [-0.4, -0.2) is 19.0 Å². The summed E-state index contributed by atoms with van der Waals surface area (Å²) in [6.45, 7) is 8.02. The molecule has 1 amide bonds. The molecule has 1 saturated heterocycles. The number of rotatable bonds is 4. The monoisotopic (exact) mass is 264 g/mol. The molecule has 1 aromatic rings. The summed E-state index contributed by atoms with van der Waals surface area (Å²) >= 11 is 0. The van der Waals surface area contributed by atoms with Crippen LogP contribution in [0.15, 0.2) is 22.8 Å². The maximum atomic E-state index is 12.5. The van der Waals surface area contributed by atoms with Crippen molar-refractivity contribution in [3.05, 3.63) is 24.2 Å². The summed E-state index contributed by atoms with van der Waals surface area (Å²) in [5.41, 5.74) is -0.353. The van der Waals surface area contributed by atoms with E-state index in [2.05, 4.69) is 10.6 Å². The van der Waals surface area contributed by atoms with Gasteiger partial charge in [0.1, 0.15) is 5.76 Å². The molecule has 2 atom stereocenters. The summed E-state index contributed by atoms with van der Waals surface area (Å²) in [6.07, 6.45) is 3.89. The minimum absolute atomic E-state index is 0.0849. The molecule has 4 heteroatoms. The van der Waals surface area contributed by atoms with Crippen molar-refractivity contribution in [2.24, 2.45) is 11.3 Å². The Kier molecular flexibility index (Phi) is 4.30. The number of amides is 1. The molecule has 0 radical (unpaired) electrons. The Bertz CT molecular complexity index is 406. The largest absolute Gasteiger partial charge is 0.467 e. The van der Waals surface area contributed by atoms with E-state index in [1.165, 1.54) is 0 Å². The van der Waals surface area contributed by atoms with Gasteiger partial charge in [0.05, 0.1) is 12.3 Å². The second-order valence-electron chi connectivity index (χ2n) is 5.98. The van der Waals surface area contributed by atoms with E-state index in [9.17, 15) is 4.79 Å². The van der Waals surface area contributed by atoms with Crippen molar-refractivity contribution < 1.29 is 9.21 Å². The molecule has 2 N–H and O–H groups in total.